The molecule has 1 aliphatic heterocycles. The third-order valence-corrected chi connectivity index (χ3v) is 3.92. The van der Waals surface area contributed by atoms with E-state index in [1.54, 1.807) is 11.1 Å². The van der Waals surface area contributed by atoms with Crippen molar-refractivity contribution in [3.8, 4) is 5.75 Å². The van der Waals surface area contributed by atoms with Crippen molar-refractivity contribution < 1.29 is 9.53 Å². The van der Waals surface area contributed by atoms with Gasteiger partial charge in [0, 0.05) is 29.5 Å². The Bertz CT molecular complexity index is 684. The second kappa shape index (κ2) is 6.87. The van der Waals surface area contributed by atoms with E-state index in [1.807, 2.05) is 43.3 Å². The molecule has 0 aliphatic carbocycles. The highest BCUT2D eigenvalue weighted by atomic mass is 35.5. The maximum atomic E-state index is 12.0. The number of aryl methyl sites for hydroxylation is 1. The molecular weight excluding hydrogens is 314 g/mol. The quantitative estimate of drug-likeness (QED) is 0.937. The van der Waals surface area contributed by atoms with Crippen molar-refractivity contribution in [2.75, 3.05) is 13.1 Å². The Morgan fingerprint density at radius 1 is 1.35 bits per heavy atom. The van der Waals surface area contributed by atoms with E-state index in [0.717, 1.165) is 17.0 Å². The topological polar surface area (TPSA) is 54.5 Å². The third-order valence-electron chi connectivity index (χ3n) is 3.66. The van der Waals surface area contributed by atoms with Crippen molar-refractivity contribution in [2.45, 2.75) is 19.6 Å². The minimum absolute atomic E-state index is 0.0399. The van der Waals surface area contributed by atoms with E-state index in [9.17, 15) is 4.79 Å². The Morgan fingerprint density at radius 3 is 2.78 bits per heavy atom. The van der Waals surface area contributed by atoms with Crippen LogP contribution in [0.15, 0.2) is 42.6 Å². The van der Waals surface area contributed by atoms with E-state index < -0.39 is 0 Å². The van der Waals surface area contributed by atoms with Crippen LogP contribution >= 0.6 is 11.6 Å². The number of carbonyl (C=O) groups excluding carboxylic acids is 1. The molecule has 0 saturated carbocycles. The first-order valence-corrected chi connectivity index (χ1v) is 7.84. The van der Waals surface area contributed by atoms with Gasteiger partial charge in [-0.1, -0.05) is 23.7 Å². The van der Waals surface area contributed by atoms with Gasteiger partial charge in [-0.2, -0.15) is 0 Å². The summed E-state index contributed by atoms with van der Waals surface area (Å²) in [6, 6.07) is 11.1. The smallest absolute Gasteiger partial charge is 0.317 e. The number of likely N-dealkylation sites (tertiary alicyclic amines) is 1. The molecule has 1 aromatic carbocycles. The Morgan fingerprint density at radius 2 is 2.09 bits per heavy atom. The van der Waals surface area contributed by atoms with Crippen molar-refractivity contribution in [2.24, 2.45) is 0 Å². The number of nitrogens with one attached hydrogen (secondary N) is 1. The van der Waals surface area contributed by atoms with Gasteiger partial charge < -0.3 is 15.0 Å². The molecule has 3 rings (SSSR count). The van der Waals surface area contributed by atoms with E-state index in [0.29, 0.717) is 24.7 Å². The van der Waals surface area contributed by atoms with Gasteiger partial charge in [0.25, 0.3) is 0 Å². The van der Waals surface area contributed by atoms with Crippen LogP contribution in [-0.4, -0.2) is 35.1 Å². The second-order valence-electron chi connectivity index (χ2n) is 5.56. The van der Waals surface area contributed by atoms with Crippen molar-refractivity contribution >= 4 is 17.6 Å². The number of urea groups is 1. The van der Waals surface area contributed by atoms with Crippen LogP contribution in [-0.2, 0) is 6.54 Å². The number of halogens is 1. The normalized spacial score (nSPS) is 14.3. The predicted molar refractivity (Wildman–Crippen MR) is 88.7 cm³/mol. The summed E-state index contributed by atoms with van der Waals surface area (Å²) in [5, 5.41) is 3.58. The lowest BCUT2D eigenvalue weighted by molar-refractivity contribution is 0.0442. The van der Waals surface area contributed by atoms with E-state index in [4.69, 9.17) is 16.3 Å². The van der Waals surface area contributed by atoms with Crippen LogP contribution in [0.25, 0.3) is 0 Å². The van der Waals surface area contributed by atoms with Gasteiger partial charge in [-0.05, 0) is 30.7 Å². The summed E-state index contributed by atoms with van der Waals surface area (Å²) in [6.07, 6.45) is 1.76. The molecule has 0 bridgehead atoms. The summed E-state index contributed by atoms with van der Waals surface area (Å²) >= 11 is 5.84. The number of ether oxygens (including phenoxy) is 1. The number of nitrogens with zero attached hydrogens (tertiary/aromatic N) is 2. The van der Waals surface area contributed by atoms with Gasteiger partial charge in [-0.3, -0.25) is 4.98 Å². The van der Waals surface area contributed by atoms with Crippen LogP contribution in [0.3, 0.4) is 0 Å². The highest BCUT2D eigenvalue weighted by Crippen LogP contribution is 2.18. The van der Waals surface area contributed by atoms with Crippen LogP contribution in [0.2, 0.25) is 5.02 Å². The molecule has 1 aliphatic rings. The number of aromatic nitrogens is 1. The summed E-state index contributed by atoms with van der Waals surface area (Å²) in [4.78, 5) is 17.9. The molecule has 6 heteroatoms. The van der Waals surface area contributed by atoms with Crippen molar-refractivity contribution in [1.82, 2.24) is 15.2 Å². The van der Waals surface area contributed by atoms with Crippen LogP contribution in [0.1, 0.15) is 11.3 Å². The highest BCUT2D eigenvalue weighted by Gasteiger charge is 2.32. The highest BCUT2D eigenvalue weighted by molar-refractivity contribution is 6.30. The summed E-state index contributed by atoms with van der Waals surface area (Å²) in [5.41, 5.74) is 1.93. The fourth-order valence-electron chi connectivity index (χ4n) is 2.36. The first-order chi connectivity index (χ1) is 11.1. The second-order valence-corrected chi connectivity index (χ2v) is 6.00. The van der Waals surface area contributed by atoms with Gasteiger partial charge in [0.2, 0.25) is 0 Å². The molecule has 2 aromatic rings. The molecule has 1 saturated heterocycles. The van der Waals surface area contributed by atoms with Gasteiger partial charge in [-0.15, -0.1) is 0 Å². The monoisotopic (exact) mass is 331 g/mol. The summed E-state index contributed by atoms with van der Waals surface area (Å²) < 4.78 is 5.81. The Kier molecular flexibility index (Phi) is 4.67. The SMILES string of the molecule is Cc1cc(OC2CN(C(=O)NCc3ccc(Cl)cc3)C2)ccn1. The van der Waals surface area contributed by atoms with Crippen molar-refractivity contribution in [1.29, 1.82) is 0 Å². The first-order valence-electron chi connectivity index (χ1n) is 7.47. The molecule has 1 fully saturated rings. The van der Waals surface area contributed by atoms with E-state index >= 15 is 0 Å². The van der Waals surface area contributed by atoms with Gasteiger partial charge in [0.1, 0.15) is 11.9 Å². The molecular formula is C17H18ClN3O2. The number of amides is 2. The molecule has 0 atom stereocenters. The minimum atomic E-state index is -0.0780. The Hall–Kier alpha value is -2.27. The zero-order valence-electron chi connectivity index (χ0n) is 12.8. The van der Waals surface area contributed by atoms with Crippen LogP contribution in [0, 0.1) is 6.92 Å². The Balaban J connectivity index is 1.42. The van der Waals surface area contributed by atoms with Gasteiger partial charge >= 0.3 is 6.03 Å². The van der Waals surface area contributed by atoms with Gasteiger partial charge in [-0.25, -0.2) is 4.79 Å². The zero-order chi connectivity index (χ0) is 16.2. The number of rotatable bonds is 4. The largest absolute Gasteiger partial charge is 0.487 e. The fraction of sp³-hybridized carbons (Fsp3) is 0.294. The number of hydrogen-bond donors (Lipinski definition) is 1. The molecule has 0 spiro atoms. The van der Waals surface area contributed by atoms with E-state index in [1.165, 1.54) is 0 Å². The minimum Gasteiger partial charge on any atom is -0.487 e. The number of carbonyl (C=O) groups is 1. The molecule has 0 unspecified atom stereocenters. The average Bonchev–Trinajstić information content (AvgIpc) is 2.50. The Labute approximate surface area is 140 Å². The molecule has 120 valence electrons. The molecule has 2 amide bonds. The zero-order valence-corrected chi connectivity index (χ0v) is 13.6. The van der Waals surface area contributed by atoms with Gasteiger partial charge in [0.15, 0.2) is 0 Å². The fourth-order valence-corrected chi connectivity index (χ4v) is 2.48. The number of pyridine rings is 1. The first kappa shape index (κ1) is 15.6. The number of hydrogen-bond acceptors (Lipinski definition) is 3. The van der Waals surface area contributed by atoms with Gasteiger partial charge in [0.05, 0.1) is 13.1 Å². The molecule has 23 heavy (non-hydrogen) atoms. The van der Waals surface area contributed by atoms with Crippen LogP contribution in [0.4, 0.5) is 4.79 Å². The molecule has 5 nitrogen and oxygen atoms in total. The lowest BCUT2D eigenvalue weighted by Crippen LogP contribution is -2.58. The molecule has 1 aromatic heterocycles. The lowest BCUT2D eigenvalue weighted by Gasteiger charge is -2.38. The standard InChI is InChI=1S/C17H18ClN3O2/c1-12-8-15(6-7-19-12)23-16-10-21(11-16)17(22)20-9-13-2-4-14(18)5-3-13/h2-8,16H,9-11H2,1H3,(H,20,22). The lowest BCUT2D eigenvalue weighted by atomic mass is 10.2. The summed E-state index contributed by atoms with van der Waals surface area (Å²) in [5.74, 6) is 0.795. The maximum absolute atomic E-state index is 12.0. The van der Waals surface area contributed by atoms with Crippen molar-refractivity contribution in [3.63, 3.8) is 0 Å². The van der Waals surface area contributed by atoms with E-state index in [2.05, 4.69) is 10.3 Å². The summed E-state index contributed by atoms with van der Waals surface area (Å²) in [6.45, 7) is 3.59. The predicted octanol–water partition coefficient (Wildman–Crippen LogP) is 3.02. The molecule has 1 N–H and O–H groups in total. The molecule has 0 radical (unpaired) electrons. The third kappa shape index (κ3) is 4.13. The van der Waals surface area contributed by atoms with Crippen LogP contribution in [0.5, 0.6) is 5.75 Å². The summed E-state index contributed by atoms with van der Waals surface area (Å²) in [7, 11) is 0. The van der Waals surface area contributed by atoms with E-state index in [-0.39, 0.29) is 12.1 Å². The average molecular weight is 332 g/mol. The van der Waals surface area contributed by atoms with Crippen LogP contribution < -0.4 is 10.1 Å². The molecule has 2 heterocycles. The maximum Gasteiger partial charge on any atom is 0.317 e. The van der Waals surface area contributed by atoms with Crippen molar-refractivity contribution in [3.05, 3.63) is 58.9 Å². The number of benzene rings is 1.